The van der Waals surface area contributed by atoms with Gasteiger partial charge in [-0.1, -0.05) is 36.0 Å². The standard InChI is InChI=1S/C24H22N8OS/c1-31-21-17(11-27-32(24(21)33)12-14-5-3-7-19-16(14)10-26-30-19)22-23(31)28-20(34-22)8-13-4-2-6-18-15(13)9-25-29-18/h2-7,9-10,22-23,27H,8,11-12H2,1H3,(H,25,29)(H,26,30). The van der Waals surface area contributed by atoms with Crippen LogP contribution in [0.25, 0.3) is 21.8 Å². The molecule has 0 bridgehead atoms. The lowest BCUT2D eigenvalue weighted by Gasteiger charge is -2.31. The third-order valence-corrected chi connectivity index (χ3v) is 8.24. The van der Waals surface area contributed by atoms with Gasteiger partial charge in [0.15, 0.2) is 0 Å². The van der Waals surface area contributed by atoms with Crippen molar-refractivity contribution in [2.75, 3.05) is 13.6 Å². The second-order valence-corrected chi connectivity index (χ2v) is 10.1. The minimum absolute atomic E-state index is 0.000775. The molecule has 2 aromatic carbocycles. The molecule has 5 heterocycles. The van der Waals surface area contributed by atoms with Gasteiger partial charge in [0.25, 0.3) is 5.91 Å². The van der Waals surface area contributed by atoms with E-state index in [9.17, 15) is 4.79 Å². The summed E-state index contributed by atoms with van der Waals surface area (Å²) in [6, 6.07) is 12.2. The first-order valence-corrected chi connectivity index (χ1v) is 12.1. The minimum Gasteiger partial charge on any atom is -0.347 e. The molecule has 0 saturated heterocycles. The van der Waals surface area contributed by atoms with Crippen molar-refractivity contribution in [1.29, 1.82) is 0 Å². The van der Waals surface area contributed by atoms with Crippen LogP contribution in [-0.2, 0) is 17.8 Å². The Kier molecular flexibility index (Phi) is 4.33. The van der Waals surface area contributed by atoms with Crippen molar-refractivity contribution in [3.63, 3.8) is 0 Å². The summed E-state index contributed by atoms with van der Waals surface area (Å²) in [4.78, 5) is 20.6. The van der Waals surface area contributed by atoms with Gasteiger partial charge < -0.3 is 4.90 Å². The topological polar surface area (TPSA) is 105 Å². The van der Waals surface area contributed by atoms with Crippen LogP contribution in [-0.4, -0.2) is 66.3 Å². The van der Waals surface area contributed by atoms with Crippen molar-refractivity contribution in [2.24, 2.45) is 4.99 Å². The van der Waals surface area contributed by atoms with E-state index in [1.54, 1.807) is 16.8 Å². The van der Waals surface area contributed by atoms with Crippen LogP contribution in [0.15, 0.2) is 65.1 Å². The fourth-order valence-electron chi connectivity index (χ4n) is 5.24. The molecule has 170 valence electrons. The van der Waals surface area contributed by atoms with E-state index in [0.29, 0.717) is 13.1 Å². The highest BCUT2D eigenvalue weighted by atomic mass is 32.2. The Morgan fingerprint density at radius 1 is 1.03 bits per heavy atom. The molecular weight excluding hydrogens is 448 g/mol. The number of carbonyl (C=O) groups excluding carboxylic acids is 1. The predicted octanol–water partition coefficient (Wildman–Crippen LogP) is 2.57. The second kappa shape index (κ2) is 7.44. The van der Waals surface area contributed by atoms with Gasteiger partial charge in [-0.25, -0.2) is 5.43 Å². The molecule has 10 heteroatoms. The Morgan fingerprint density at radius 2 is 1.74 bits per heavy atom. The van der Waals surface area contributed by atoms with Crippen molar-refractivity contribution in [2.45, 2.75) is 24.4 Å². The molecule has 0 saturated carbocycles. The minimum atomic E-state index is -0.0449. The molecule has 1 amide bonds. The molecule has 0 aliphatic carbocycles. The fourth-order valence-corrected chi connectivity index (χ4v) is 6.64. The van der Waals surface area contributed by atoms with E-state index in [-0.39, 0.29) is 17.3 Å². The zero-order chi connectivity index (χ0) is 22.8. The van der Waals surface area contributed by atoms with Gasteiger partial charge in [0, 0.05) is 30.8 Å². The van der Waals surface area contributed by atoms with E-state index in [1.165, 1.54) is 5.56 Å². The lowest BCUT2D eigenvalue weighted by Crippen LogP contribution is -2.49. The molecule has 4 aromatic rings. The number of benzene rings is 2. The summed E-state index contributed by atoms with van der Waals surface area (Å²) >= 11 is 1.78. The zero-order valence-electron chi connectivity index (χ0n) is 18.4. The van der Waals surface area contributed by atoms with Crippen molar-refractivity contribution >= 4 is 44.5 Å². The Bertz CT molecular complexity index is 1520. The maximum atomic E-state index is 13.5. The number of aromatic nitrogens is 4. The molecule has 2 unspecified atom stereocenters. The summed E-state index contributed by atoms with van der Waals surface area (Å²) in [5.41, 5.74) is 9.55. The Hall–Kier alpha value is -3.63. The maximum Gasteiger partial charge on any atom is 0.284 e. The molecule has 9 nitrogen and oxygen atoms in total. The van der Waals surface area contributed by atoms with Gasteiger partial charge in [-0.05, 0) is 28.8 Å². The van der Waals surface area contributed by atoms with E-state index < -0.39 is 0 Å². The molecule has 3 N–H and O–H groups in total. The van der Waals surface area contributed by atoms with E-state index in [1.807, 2.05) is 49.8 Å². The number of likely N-dealkylation sites (N-methyl/N-ethyl adjacent to an activating group) is 1. The van der Waals surface area contributed by atoms with Crippen molar-refractivity contribution < 1.29 is 4.79 Å². The number of amides is 1. The smallest absolute Gasteiger partial charge is 0.284 e. The first-order chi connectivity index (χ1) is 16.7. The van der Waals surface area contributed by atoms with E-state index in [4.69, 9.17) is 4.99 Å². The summed E-state index contributed by atoms with van der Waals surface area (Å²) in [7, 11) is 1.99. The first-order valence-electron chi connectivity index (χ1n) is 11.2. The van der Waals surface area contributed by atoms with Crippen LogP contribution in [0.3, 0.4) is 0 Å². The molecule has 2 atom stereocenters. The van der Waals surface area contributed by atoms with Gasteiger partial charge in [-0.2, -0.15) is 10.2 Å². The number of thioether (sulfide) groups is 1. The average molecular weight is 471 g/mol. The highest BCUT2D eigenvalue weighted by molar-refractivity contribution is 8.15. The molecular formula is C24H22N8OS. The Morgan fingerprint density at radius 3 is 2.50 bits per heavy atom. The lowest BCUT2D eigenvalue weighted by molar-refractivity contribution is -0.133. The van der Waals surface area contributed by atoms with Gasteiger partial charge in [0.05, 0.1) is 40.3 Å². The molecule has 34 heavy (non-hydrogen) atoms. The molecule has 0 spiro atoms. The number of fused-ring (bicyclic) bond motifs is 4. The number of hydrazine groups is 1. The number of carbonyl (C=O) groups is 1. The van der Waals surface area contributed by atoms with Crippen LogP contribution in [0.5, 0.6) is 0 Å². The fraction of sp³-hybridized carbons (Fsp3) is 0.250. The monoisotopic (exact) mass is 470 g/mol. The normalized spacial score (nSPS) is 22.1. The number of aliphatic imine (C=N–C) groups is 1. The van der Waals surface area contributed by atoms with Gasteiger partial charge in [0.1, 0.15) is 11.9 Å². The van der Waals surface area contributed by atoms with Crippen LogP contribution in [0.2, 0.25) is 0 Å². The van der Waals surface area contributed by atoms with Crippen LogP contribution in [0, 0.1) is 0 Å². The Labute approximate surface area is 199 Å². The average Bonchev–Trinajstić information content (AvgIpc) is 3.62. The van der Waals surface area contributed by atoms with Crippen LogP contribution < -0.4 is 5.43 Å². The number of H-pyrrole nitrogens is 2. The molecule has 3 aliphatic rings. The van der Waals surface area contributed by atoms with E-state index >= 15 is 0 Å². The molecule has 0 fully saturated rings. The van der Waals surface area contributed by atoms with Crippen LogP contribution >= 0.6 is 11.8 Å². The number of hydrogen-bond donors (Lipinski definition) is 3. The number of nitrogens with zero attached hydrogens (tertiary/aromatic N) is 5. The van der Waals surface area contributed by atoms with E-state index in [2.05, 4.69) is 36.8 Å². The highest BCUT2D eigenvalue weighted by Gasteiger charge is 2.48. The largest absolute Gasteiger partial charge is 0.347 e. The Balaban J connectivity index is 1.12. The van der Waals surface area contributed by atoms with Crippen LogP contribution in [0.4, 0.5) is 0 Å². The SMILES string of the molecule is CN1C2=C(CNN(Cc3cccc4[nH]ncc34)C2=O)C2SC(Cc3cccc4[nH]ncc34)=NC21. The number of aromatic amines is 2. The summed E-state index contributed by atoms with van der Waals surface area (Å²) in [6.45, 7) is 1.12. The third-order valence-electron chi connectivity index (χ3n) is 6.94. The summed E-state index contributed by atoms with van der Waals surface area (Å²) in [6.07, 6.45) is 4.41. The van der Waals surface area contributed by atoms with Crippen molar-refractivity contribution in [3.05, 3.63) is 71.2 Å². The number of nitrogens with one attached hydrogen (secondary N) is 3. The molecule has 2 aromatic heterocycles. The predicted molar refractivity (Wildman–Crippen MR) is 132 cm³/mol. The molecule has 7 rings (SSSR count). The molecule has 0 radical (unpaired) electrons. The number of rotatable bonds is 4. The molecule has 3 aliphatic heterocycles. The summed E-state index contributed by atoms with van der Waals surface area (Å²) < 4.78 is 0. The van der Waals surface area contributed by atoms with Gasteiger partial charge >= 0.3 is 0 Å². The quantitative estimate of drug-likeness (QED) is 0.423. The van der Waals surface area contributed by atoms with Crippen molar-refractivity contribution in [3.8, 4) is 0 Å². The highest BCUT2D eigenvalue weighted by Crippen LogP contribution is 2.44. The lowest BCUT2D eigenvalue weighted by atomic mass is 10.1. The van der Waals surface area contributed by atoms with Gasteiger partial charge in [-0.15, -0.1) is 0 Å². The summed E-state index contributed by atoms with van der Waals surface area (Å²) in [5, 5.41) is 19.5. The van der Waals surface area contributed by atoms with Gasteiger partial charge in [0.2, 0.25) is 0 Å². The maximum absolute atomic E-state index is 13.5. The second-order valence-electron chi connectivity index (χ2n) is 8.86. The summed E-state index contributed by atoms with van der Waals surface area (Å²) in [5.74, 6) is -0.000775. The van der Waals surface area contributed by atoms with E-state index in [0.717, 1.165) is 50.1 Å². The zero-order valence-corrected chi connectivity index (χ0v) is 19.3. The third kappa shape index (κ3) is 2.92. The van der Waals surface area contributed by atoms with Gasteiger partial charge in [-0.3, -0.25) is 25.0 Å². The van der Waals surface area contributed by atoms with Crippen molar-refractivity contribution in [1.82, 2.24) is 35.7 Å². The number of hydrogen-bond acceptors (Lipinski definition) is 7. The van der Waals surface area contributed by atoms with Crippen LogP contribution in [0.1, 0.15) is 11.1 Å². The first kappa shape index (κ1) is 19.8.